The summed E-state index contributed by atoms with van der Waals surface area (Å²) in [7, 11) is 0. The summed E-state index contributed by atoms with van der Waals surface area (Å²) in [6.45, 7) is 9.34. The molecule has 5 nitrogen and oxygen atoms in total. The van der Waals surface area contributed by atoms with Gasteiger partial charge in [0.1, 0.15) is 0 Å². The molecule has 1 saturated heterocycles. The van der Waals surface area contributed by atoms with E-state index >= 15 is 0 Å². The van der Waals surface area contributed by atoms with E-state index in [-0.39, 0.29) is 11.9 Å². The Labute approximate surface area is 103 Å². The third kappa shape index (κ3) is 3.69. The van der Waals surface area contributed by atoms with Crippen LogP contribution in [0.1, 0.15) is 27.2 Å². The number of hydrogen-bond acceptors (Lipinski definition) is 4. The number of nitrogens with zero attached hydrogens (tertiary/aromatic N) is 2. The van der Waals surface area contributed by atoms with Gasteiger partial charge in [0.25, 0.3) is 0 Å². The van der Waals surface area contributed by atoms with E-state index in [2.05, 4.69) is 21.6 Å². The number of nitriles is 1. The maximum atomic E-state index is 12.2. The van der Waals surface area contributed by atoms with Gasteiger partial charge in [-0.05, 0) is 20.8 Å². The number of hydrogen-bond donors (Lipinski definition) is 2. The van der Waals surface area contributed by atoms with Gasteiger partial charge in [-0.1, -0.05) is 0 Å². The summed E-state index contributed by atoms with van der Waals surface area (Å²) in [6.07, 6.45) is 0.351. The van der Waals surface area contributed by atoms with Crippen LogP contribution in [0.15, 0.2) is 0 Å². The van der Waals surface area contributed by atoms with E-state index in [1.54, 1.807) is 0 Å². The zero-order chi connectivity index (χ0) is 12.9. The normalized spacial score (nSPS) is 19.4. The Morgan fingerprint density at radius 2 is 2.12 bits per heavy atom. The van der Waals surface area contributed by atoms with Crippen molar-refractivity contribution in [2.24, 2.45) is 0 Å². The SMILES string of the molecule is CC(CC#N)NC(=O)C(C)(C)N1CCNCC1. The monoisotopic (exact) mass is 238 g/mol. The summed E-state index contributed by atoms with van der Waals surface area (Å²) >= 11 is 0. The van der Waals surface area contributed by atoms with E-state index in [9.17, 15) is 4.79 Å². The third-order valence-corrected chi connectivity index (χ3v) is 3.24. The number of piperazine rings is 1. The molecule has 1 unspecified atom stereocenters. The highest BCUT2D eigenvalue weighted by Crippen LogP contribution is 2.15. The van der Waals surface area contributed by atoms with Gasteiger partial charge in [-0.25, -0.2) is 0 Å². The largest absolute Gasteiger partial charge is 0.351 e. The molecule has 0 spiro atoms. The van der Waals surface area contributed by atoms with Gasteiger partial charge < -0.3 is 10.6 Å². The Hall–Kier alpha value is -1.12. The van der Waals surface area contributed by atoms with Crippen LogP contribution in [0.5, 0.6) is 0 Å². The summed E-state index contributed by atoms with van der Waals surface area (Å²) in [5.74, 6) is 0.00199. The molecule has 0 saturated carbocycles. The minimum Gasteiger partial charge on any atom is -0.351 e. The smallest absolute Gasteiger partial charge is 0.240 e. The molecule has 0 bridgehead atoms. The molecule has 0 aromatic heterocycles. The van der Waals surface area contributed by atoms with E-state index < -0.39 is 5.54 Å². The molecular formula is C12H22N4O. The van der Waals surface area contributed by atoms with Crippen LogP contribution < -0.4 is 10.6 Å². The molecule has 1 aliphatic heterocycles. The summed E-state index contributed by atoms with van der Waals surface area (Å²) in [5, 5.41) is 14.7. The highest BCUT2D eigenvalue weighted by molar-refractivity contribution is 5.85. The zero-order valence-corrected chi connectivity index (χ0v) is 10.9. The number of nitrogens with one attached hydrogen (secondary N) is 2. The van der Waals surface area contributed by atoms with Crippen LogP contribution in [-0.4, -0.2) is 48.6 Å². The lowest BCUT2D eigenvalue weighted by atomic mass is 10.00. The first-order valence-electron chi connectivity index (χ1n) is 6.12. The summed E-state index contributed by atoms with van der Waals surface area (Å²) in [6, 6.07) is 1.98. The van der Waals surface area contributed by atoms with E-state index in [0.717, 1.165) is 26.2 Å². The van der Waals surface area contributed by atoms with Crippen LogP contribution in [-0.2, 0) is 4.79 Å². The summed E-state index contributed by atoms with van der Waals surface area (Å²) < 4.78 is 0. The molecular weight excluding hydrogens is 216 g/mol. The molecule has 0 aromatic carbocycles. The van der Waals surface area contributed by atoms with Gasteiger partial charge >= 0.3 is 0 Å². The molecule has 1 atom stereocenters. The van der Waals surface area contributed by atoms with Gasteiger partial charge in [0, 0.05) is 32.2 Å². The van der Waals surface area contributed by atoms with Crippen LogP contribution in [0.2, 0.25) is 0 Å². The fraction of sp³-hybridized carbons (Fsp3) is 0.833. The fourth-order valence-corrected chi connectivity index (χ4v) is 1.96. The second-order valence-electron chi connectivity index (χ2n) is 5.03. The first kappa shape index (κ1) is 13.9. The molecule has 1 heterocycles. The van der Waals surface area contributed by atoms with E-state index in [1.807, 2.05) is 20.8 Å². The molecule has 1 fully saturated rings. The van der Waals surface area contributed by atoms with Gasteiger partial charge in [0.2, 0.25) is 5.91 Å². The Balaban J connectivity index is 2.56. The molecule has 1 amide bonds. The van der Waals surface area contributed by atoms with Crippen molar-refractivity contribution in [3.63, 3.8) is 0 Å². The Kier molecular flexibility index (Phi) is 4.91. The third-order valence-electron chi connectivity index (χ3n) is 3.24. The number of amides is 1. The van der Waals surface area contributed by atoms with Crippen molar-refractivity contribution in [1.29, 1.82) is 5.26 Å². The maximum Gasteiger partial charge on any atom is 0.240 e. The van der Waals surface area contributed by atoms with Gasteiger partial charge in [-0.15, -0.1) is 0 Å². The number of carbonyl (C=O) groups is 1. The fourth-order valence-electron chi connectivity index (χ4n) is 1.96. The topological polar surface area (TPSA) is 68.2 Å². The molecule has 2 N–H and O–H groups in total. The number of rotatable bonds is 4. The van der Waals surface area contributed by atoms with Crippen molar-refractivity contribution in [1.82, 2.24) is 15.5 Å². The van der Waals surface area contributed by atoms with E-state index in [4.69, 9.17) is 5.26 Å². The first-order chi connectivity index (χ1) is 7.98. The van der Waals surface area contributed by atoms with Crippen LogP contribution in [0.4, 0.5) is 0 Å². The quantitative estimate of drug-likeness (QED) is 0.728. The minimum absolute atomic E-state index is 0.00199. The molecule has 96 valence electrons. The van der Waals surface area contributed by atoms with Gasteiger partial charge in [-0.3, -0.25) is 9.69 Å². The van der Waals surface area contributed by atoms with Crippen molar-refractivity contribution in [2.45, 2.75) is 38.8 Å². The second kappa shape index (κ2) is 5.99. The average molecular weight is 238 g/mol. The standard InChI is InChI=1S/C12H22N4O/c1-10(4-5-13)15-11(17)12(2,3)16-8-6-14-7-9-16/h10,14H,4,6-9H2,1-3H3,(H,15,17). The molecule has 1 aliphatic rings. The Morgan fingerprint density at radius 1 is 1.53 bits per heavy atom. The molecule has 0 aliphatic carbocycles. The Morgan fingerprint density at radius 3 is 2.65 bits per heavy atom. The van der Waals surface area contributed by atoms with Crippen molar-refractivity contribution < 1.29 is 4.79 Å². The number of carbonyl (C=O) groups excluding carboxylic acids is 1. The highest BCUT2D eigenvalue weighted by Gasteiger charge is 2.35. The molecule has 5 heteroatoms. The van der Waals surface area contributed by atoms with E-state index in [1.165, 1.54) is 0 Å². The van der Waals surface area contributed by atoms with Gasteiger partial charge in [0.05, 0.1) is 18.0 Å². The maximum absolute atomic E-state index is 12.2. The average Bonchev–Trinajstić information content (AvgIpc) is 2.30. The molecule has 1 rings (SSSR count). The zero-order valence-electron chi connectivity index (χ0n) is 10.9. The predicted molar refractivity (Wildman–Crippen MR) is 66.4 cm³/mol. The Bertz CT molecular complexity index is 302. The summed E-state index contributed by atoms with van der Waals surface area (Å²) in [5.41, 5.74) is -0.508. The second-order valence-corrected chi connectivity index (χ2v) is 5.03. The van der Waals surface area contributed by atoms with Crippen molar-refractivity contribution >= 4 is 5.91 Å². The molecule has 17 heavy (non-hydrogen) atoms. The van der Waals surface area contributed by atoms with Crippen LogP contribution in [0.3, 0.4) is 0 Å². The van der Waals surface area contributed by atoms with Crippen LogP contribution in [0, 0.1) is 11.3 Å². The van der Waals surface area contributed by atoms with Crippen molar-refractivity contribution in [3.05, 3.63) is 0 Å². The van der Waals surface area contributed by atoms with E-state index in [0.29, 0.717) is 6.42 Å². The lowest BCUT2D eigenvalue weighted by molar-refractivity contribution is -0.132. The van der Waals surface area contributed by atoms with Gasteiger partial charge in [-0.2, -0.15) is 5.26 Å². The van der Waals surface area contributed by atoms with Gasteiger partial charge in [0.15, 0.2) is 0 Å². The van der Waals surface area contributed by atoms with Crippen LogP contribution >= 0.6 is 0 Å². The van der Waals surface area contributed by atoms with Crippen LogP contribution in [0.25, 0.3) is 0 Å². The van der Waals surface area contributed by atoms with Crippen molar-refractivity contribution in [2.75, 3.05) is 26.2 Å². The summed E-state index contributed by atoms with van der Waals surface area (Å²) in [4.78, 5) is 14.3. The molecule has 0 radical (unpaired) electrons. The van der Waals surface area contributed by atoms with Crippen molar-refractivity contribution in [3.8, 4) is 6.07 Å². The predicted octanol–water partition coefficient (Wildman–Crippen LogP) is 0.0886. The lowest BCUT2D eigenvalue weighted by Gasteiger charge is -2.40. The minimum atomic E-state index is -0.508. The first-order valence-corrected chi connectivity index (χ1v) is 6.12. The highest BCUT2D eigenvalue weighted by atomic mass is 16.2. The molecule has 0 aromatic rings. The lowest BCUT2D eigenvalue weighted by Crippen LogP contribution is -2.60.